The minimum Gasteiger partial charge on any atom is -0.504 e. The van der Waals surface area contributed by atoms with E-state index in [-0.39, 0.29) is 11.5 Å². The predicted octanol–water partition coefficient (Wildman–Crippen LogP) is 3.23. The minimum absolute atomic E-state index is 0.197. The summed E-state index contributed by atoms with van der Waals surface area (Å²) in [6.45, 7) is 0.319. The molecule has 0 unspecified atom stereocenters. The first kappa shape index (κ1) is 21.0. The van der Waals surface area contributed by atoms with Gasteiger partial charge in [0.1, 0.15) is 0 Å². The van der Waals surface area contributed by atoms with Crippen molar-refractivity contribution in [3.63, 3.8) is 0 Å². The SMILES string of the molecule is CN(C)c1ccc(-c2ccc3c(c2)/C(=C\NCc2ccc(O)c(O)c2)C(=O)NC3=O)cc1. The summed E-state index contributed by atoms with van der Waals surface area (Å²) in [4.78, 5) is 26.9. The molecule has 0 fully saturated rings. The standard InChI is InChI=1S/C25H23N3O4/c1-28(2)18-7-4-16(5-8-18)17-6-9-19-20(12-17)21(25(32)27-24(19)31)14-26-13-15-3-10-22(29)23(30)11-15/h3-12,14,26,29-30H,13H2,1-2H3,(H,27,31,32)/b21-14+. The highest BCUT2D eigenvalue weighted by Crippen LogP contribution is 2.30. The maximum absolute atomic E-state index is 12.6. The summed E-state index contributed by atoms with van der Waals surface area (Å²) < 4.78 is 0. The first-order valence-corrected chi connectivity index (χ1v) is 10.1. The number of carbonyl (C=O) groups excluding carboxylic acids is 2. The molecule has 162 valence electrons. The molecule has 32 heavy (non-hydrogen) atoms. The summed E-state index contributed by atoms with van der Waals surface area (Å²) >= 11 is 0. The number of aromatic hydroxyl groups is 2. The number of nitrogens with one attached hydrogen (secondary N) is 2. The maximum Gasteiger partial charge on any atom is 0.260 e. The molecule has 0 saturated heterocycles. The summed E-state index contributed by atoms with van der Waals surface area (Å²) in [5.41, 5.74) is 4.98. The predicted molar refractivity (Wildman–Crippen MR) is 123 cm³/mol. The molecular formula is C25H23N3O4. The van der Waals surface area contributed by atoms with E-state index >= 15 is 0 Å². The van der Waals surface area contributed by atoms with Gasteiger partial charge in [0.25, 0.3) is 11.8 Å². The molecule has 3 aromatic carbocycles. The Kier molecular flexibility index (Phi) is 5.55. The lowest BCUT2D eigenvalue weighted by Gasteiger charge is -2.20. The average molecular weight is 429 g/mol. The topological polar surface area (TPSA) is 102 Å². The zero-order valence-electron chi connectivity index (χ0n) is 17.7. The second kappa shape index (κ2) is 8.47. The number of hydrogen-bond donors (Lipinski definition) is 4. The van der Waals surface area contributed by atoms with Crippen LogP contribution in [0.1, 0.15) is 21.5 Å². The van der Waals surface area contributed by atoms with Crippen LogP contribution in [0, 0.1) is 0 Å². The lowest BCUT2D eigenvalue weighted by molar-refractivity contribution is -0.114. The Morgan fingerprint density at radius 3 is 2.25 bits per heavy atom. The number of phenolic OH excluding ortho intramolecular Hbond substituents is 2. The van der Waals surface area contributed by atoms with Crippen molar-refractivity contribution < 1.29 is 19.8 Å². The van der Waals surface area contributed by atoms with Crippen LogP contribution in [-0.2, 0) is 11.3 Å². The molecule has 7 heteroatoms. The highest BCUT2D eigenvalue weighted by Gasteiger charge is 2.27. The second-order valence-electron chi connectivity index (χ2n) is 7.75. The lowest BCUT2D eigenvalue weighted by atomic mass is 9.91. The van der Waals surface area contributed by atoms with E-state index in [1.54, 1.807) is 18.3 Å². The van der Waals surface area contributed by atoms with E-state index in [9.17, 15) is 19.8 Å². The van der Waals surface area contributed by atoms with Crippen molar-refractivity contribution in [2.75, 3.05) is 19.0 Å². The Morgan fingerprint density at radius 1 is 0.844 bits per heavy atom. The van der Waals surface area contributed by atoms with Gasteiger partial charge in [-0.05, 0) is 53.1 Å². The molecule has 0 aromatic heterocycles. The number of phenols is 2. The van der Waals surface area contributed by atoms with Crippen molar-refractivity contribution >= 4 is 23.1 Å². The van der Waals surface area contributed by atoms with Gasteiger partial charge in [-0.2, -0.15) is 0 Å². The first-order valence-electron chi connectivity index (χ1n) is 10.1. The summed E-state index contributed by atoms with van der Waals surface area (Å²) in [5.74, 6) is -1.32. The lowest BCUT2D eigenvalue weighted by Crippen LogP contribution is -2.37. The number of rotatable bonds is 5. The highest BCUT2D eigenvalue weighted by atomic mass is 16.3. The minimum atomic E-state index is -0.483. The molecule has 3 aromatic rings. The molecule has 0 saturated carbocycles. The third kappa shape index (κ3) is 4.13. The maximum atomic E-state index is 12.6. The molecule has 4 N–H and O–H groups in total. The molecule has 7 nitrogen and oxygen atoms in total. The summed E-state index contributed by atoms with van der Waals surface area (Å²) in [7, 11) is 3.95. The van der Waals surface area contributed by atoms with E-state index in [0.717, 1.165) is 22.4 Å². The van der Waals surface area contributed by atoms with Crippen LogP contribution < -0.4 is 15.5 Å². The molecular weight excluding hydrogens is 406 g/mol. The number of hydrogen-bond acceptors (Lipinski definition) is 6. The van der Waals surface area contributed by atoms with Gasteiger partial charge in [-0.3, -0.25) is 14.9 Å². The van der Waals surface area contributed by atoms with Crippen molar-refractivity contribution in [1.82, 2.24) is 10.6 Å². The van der Waals surface area contributed by atoms with Crippen LogP contribution in [0.3, 0.4) is 0 Å². The zero-order chi connectivity index (χ0) is 22.8. The number of fused-ring (bicyclic) bond motifs is 1. The Labute approximate surface area is 185 Å². The summed E-state index contributed by atoms with van der Waals surface area (Å²) in [6.07, 6.45) is 1.56. The van der Waals surface area contributed by atoms with Crippen molar-refractivity contribution in [2.45, 2.75) is 6.54 Å². The molecule has 1 heterocycles. The fourth-order valence-corrected chi connectivity index (χ4v) is 3.55. The van der Waals surface area contributed by atoms with Gasteiger partial charge >= 0.3 is 0 Å². The van der Waals surface area contributed by atoms with Gasteiger partial charge in [0, 0.05) is 43.7 Å². The van der Waals surface area contributed by atoms with Crippen LogP contribution >= 0.6 is 0 Å². The Balaban J connectivity index is 1.64. The van der Waals surface area contributed by atoms with Crippen molar-refractivity contribution in [1.29, 1.82) is 0 Å². The molecule has 0 spiro atoms. The van der Waals surface area contributed by atoms with E-state index in [2.05, 4.69) is 10.6 Å². The van der Waals surface area contributed by atoms with E-state index in [1.807, 2.05) is 55.4 Å². The van der Waals surface area contributed by atoms with Crippen LogP contribution in [0.2, 0.25) is 0 Å². The zero-order valence-corrected chi connectivity index (χ0v) is 17.7. The second-order valence-corrected chi connectivity index (χ2v) is 7.75. The van der Waals surface area contributed by atoms with Crippen molar-refractivity contribution in [3.05, 3.63) is 83.6 Å². The quantitative estimate of drug-likeness (QED) is 0.282. The number of nitrogens with zero attached hydrogens (tertiary/aromatic N) is 1. The fourth-order valence-electron chi connectivity index (χ4n) is 3.55. The number of benzene rings is 3. The van der Waals surface area contributed by atoms with Gasteiger partial charge in [0.05, 0.1) is 5.57 Å². The van der Waals surface area contributed by atoms with E-state index in [4.69, 9.17) is 0 Å². The van der Waals surface area contributed by atoms with Crippen LogP contribution in [0.15, 0.2) is 66.9 Å². The highest BCUT2D eigenvalue weighted by molar-refractivity contribution is 6.31. The molecule has 0 radical (unpaired) electrons. The van der Waals surface area contributed by atoms with Gasteiger partial charge < -0.3 is 20.4 Å². The van der Waals surface area contributed by atoms with Gasteiger partial charge in [-0.25, -0.2) is 0 Å². The largest absolute Gasteiger partial charge is 0.504 e. The number of imide groups is 1. The summed E-state index contributed by atoms with van der Waals surface area (Å²) in [6, 6.07) is 18.0. The van der Waals surface area contributed by atoms with Gasteiger partial charge in [-0.1, -0.05) is 24.3 Å². The van der Waals surface area contributed by atoms with Crippen molar-refractivity contribution in [3.8, 4) is 22.6 Å². The smallest absolute Gasteiger partial charge is 0.260 e. The first-order chi connectivity index (χ1) is 15.3. The fraction of sp³-hybridized carbons (Fsp3) is 0.120. The third-order valence-electron chi connectivity index (χ3n) is 5.34. The average Bonchev–Trinajstić information content (AvgIpc) is 2.78. The molecule has 4 rings (SSSR count). The molecule has 2 amide bonds. The molecule has 0 aliphatic carbocycles. The van der Waals surface area contributed by atoms with Crippen LogP contribution in [0.4, 0.5) is 5.69 Å². The monoisotopic (exact) mass is 429 g/mol. The van der Waals surface area contributed by atoms with Gasteiger partial charge in [0.2, 0.25) is 0 Å². The van der Waals surface area contributed by atoms with Gasteiger partial charge in [-0.15, -0.1) is 0 Å². The summed E-state index contributed by atoms with van der Waals surface area (Å²) in [5, 5.41) is 24.5. The number of anilines is 1. The van der Waals surface area contributed by atoms with Gasteiger partial charge in [0.15, 0.2) is 11.5 Å². The molecule has 1 aliphatic heterocycles. The van der Waals surface area contributed by atoms with Crippen LogP contribution in [-0.4, -0.2) is 36.1 Å². The van der Waals surface area contributed by atoms with Crippen LogP contribution in [0.25, 0.3) is 16.7 Å². The number of carbonyl (C=O) groups is 2. The third-order valence-corrected chi connectivity index (χ3v) is 5.34. The normalized spacial score (nSPS) is 14.1. The molecule has 1 aliphatic rings. The Hall–Kier alpha value is -4.26. The molecule has 0 bridgehead atoms. The van der Waals surface area contributed by atoms with Crippen molar-refractivity contribution in [2.24, 2.45) is 0 Å². The Bertz CT molecular complexity index is 1230. The molecule has 0 atom stereocenters. The van der Waals surface area contributed by atoms with E-state index in [1.165, 1.54) is 12.1 Å². The van der Waals surface area contributed by atoms with E-state index in [0.29, 0.717) is 23.2 Å². The van der Waals surface area contributed by atoms with E-state index < -0.39 is 11.8 Å². The Morgan fingerprint density at radius 2 is 1.56 bits per heavy atom. The van der Waals surface area contributed by atoms with Crippen LogP contribution in [0.5, 0.6) is 11.5 Å². The number of amides is 2.